The molecule has 2 aromatic carbocycles. The second-order valence-electron chi connectivity index (χ2n) is 5.33. The SMILES string of the molecule is COc1ccc(C(=O)Cn2nc(-c3ccc(F)cc3)oc2=O)cc1OC. The molecule has 0 spiro atoms. The molecule has 0 atom stereocenters. The molecule has 1 aromatic heterocycles. The van der Waals surface area contributed by atoms with Crippen LogP contribution in [0.5, 0.6) is 11.5 Å². The Labute approximate surface area is 147 Å². The zero-order chi connectivity index (χ0) is 18.7. The predicted molar refractivity (Wildman–Crippen MR) is 90.0 cm³/mol. The van der Waals surface area contributed by atoms with Crippen LogP contribution < -0.4 is 15.2 Å². The molecule has 3 rings (SSSR count). The lowest BCUT2D eigenvalue weighted by Crippen LogP contribution is -2.21. The first-order valence-corrected chi connectivity index (χ1v) is 7.61. The normalized spacial score (nSPS) is 10.6. The lowest BCUT2D eigenvalue weighted by atomic mass is 10.1. The van der Waals surface area contributed by atoms with E-state index in [-0.39, 0.29) is 18.2 Å². The number of carbonyl (C=O) groups excluding carboxylic acids is 1. The highest BCUT2D eigenvalue weighted by Gasteiger charge is 2.16. The monoisotopic (exact) mass is 358 g/mol. The summed E-state index contributed by atoms with van der Waals surface area (Å²) in [4.78, 5) is 24.4. The first-order chi connectivity index (χ1) is 12.5. The zero-order valence-electron chi connectivity index (χ0n) is 14.1. The molecule has 0 radical (unpaired) electrons. The van der Waals surface area contributed by atoms with Crippen LogP contribution in [0.2, 0.25) is 0 Å². The van der Waals surface area contributed by atoms with Crippen LogP contribution in [-0.4, -0.2) is 29.8 Å². The van der Waals surface area contributed by atoms with E-state index in [1.165, 1.54) is 44.6 Å². The van der Waals surface area contributed by atoms with E-state index in [2.05, 4.69) is 5.10 Å². The van der Waals surface area contributed by atoms with E-state index in [9.17, 15) is 14.0 Å². The topological polar surface area (TPSA) is 83.6 Å². The molecule has 0 aliphatic rings. The summed E-state index contributed by atoms with van der Waals surface area (Å²) in [6, 6.07) is 10.00. The van der Waals surface area contributed by atoms with Crippen molar-refractivity contribution in [1.29, 1.82) is 0 Å². The highest BCUT2D eigenvalue weighted by Crippen LogP contribution is 2.27. The van der Waals surface area contributed by atoms with Gasteiger partial charge in [0.25, 0.3) is 0 Å². The summed E-state index contributed by atoms with van der Waals surface area (Å²) in [6.45, 7) is -0.307. The average molecular weight is 358 g/mol. The van der Waals surface area contributed by atoms with Gasteiger partial charge in [0.2, 0.25) is 5.89 Å². The molecule has 0 unspecified atom stereocenters. The third-order valence-electron chi connectivity index (χ3n) is 3.70. The molecular formula is C18H15FN2O5. The van der Waals surface area contributed by atoms with Crippen LogP contribution in [0.3, 0.4) is 0 Å². The van der Waals surface area contributed by atoms with Gasteiger partial charge in [-0.3, -0.25) is 4.79 Å². The number of hydrogen-bond acceptors (Lipinski definition) is 6. The van der Waals surface area contributed by atoms with Crippen LogP contribution in [0.4, 0.5) is 4.39 Å². The Morgan fingerprint density at radius 2 is 1.81 bits per heavy atom. The van der Waals surface area contributed by atoms with Crippen LogP contribution in [0.25, 0.3) is 11.5 Å². The van der Waals surface area contributed by atoms with Crippen molar-refractivity contribution < 1.29 is 23.1 Å². The minimum Gasteiger partial charge on any atom is -0.493 e. The molecule has 0 bridgehead atoms. The summed E-state index contributed by atoms with van der Waals surface area (Å²) < 4.78 is 29.2. The van der Waals surface area contributed by atoms with Gasteiger partial charge in [-0.15, -0.1) is 5.10 Å². The fourth-order valence-electron chi connectivity index (χ4n) is 2.35. The smallest absolute Gasteiger partial charge is 0.437 e. The number of rotatable bonds is 6. The molecule has 134 valence electrons. The van der Waals surface area contributed by atoms with Gasteiger partial charge in [-0.1, -0.05) is 0 Å². The maximum atomic E-state index is 13.0. The van der Waals surface area contributed by atoms with Crippen molar-refractivity contribution in [3.63, 3.8) is 0 Å². The van der Waals surface area contributed by atoms with Crippen LogP contribution in [-0.2, 0) is 6.54 Å². The van der Waals surface area contributed by atoms with Crippen molar-refractivity contribution in [1.82, 2.24) is 9.78 Å². The maximum Gasteiger partial charge on any atom is 0.437 e. The number of methoxy groups -OCH3 is 2. The molecule has 8 heteroatoms. The number of carbonyl (C=O) groups is 1. The molecule has 0 aliphatic carbocycles. The second kappa shape index (κ2) is 7.22. The number of benzene rings is 2. The number of ketones is 1. The van der Waals surface area contributed by atoms with Crippen molar-refractivity contribution in [2.24, 2.45) is 0 Å². The second-order valence-corrected chi connectivity index (χ2v) is 5.33. The molecule has 3 aromatic rings. The molecule has 0 saturated carbocycles. The first-order valence-electron chi connectivity index (χ1n) is 7.61. The fourth-order valence-corrected chi connectivity index (χ4v) is 2.35. The van der Waals surface area contributed by atoms with E-state index in [0.29, 0.717) is 22.6 Å². The quantitative estimate of drug-likeness (QED) is 0.630. The number of halogens is 1. The molecule has 7 nitrogen and oxygen atoms in total. The summed E-state index contributed by atoms with van der Waals surface area (Å²) in [5.41, 5.74) is 0.765. The lowest BCUT2D eigenvalue weighted by Gasteiger charge is -2.08. The number of Topliss-reactive ketones (excluding diaryl/α,β-unsaturated/α-hetero) is 1. The molecule has 26 heavy (non-hydrogen) atoms. The summed E-state index contributed by atoms with van der Waals surface area (Å²) in [5.74, 6) is -0.654. The van der Waals surface area contributed by atoms with Crippen molar-refractivity contribution in [2.45, 2.75) is 6.54 Å². The van der Waals surface area contributed by atoms with Crippen LogP contribution in [0, 0.1) is 5.82 Å². The summed E-state index contributed by atoms with van der Waals surface area (Å²) in [7, 11) is 2.95. The van der Waals surface area contributed by atoms with Gasteiger partial charge in [-0.25, -0.2) is 9.18 Å². The van der Waals surface area contributed by atoms with Crippen molar-refractivity contribution in [2.75, 3.05) is 14.2 Å². The van der Waals surface area contributed by atoms with E-state index in [1.54, 1.807) is 12.1 Å². The fraction of sp³-hybridized carbons (Fsp3) is 0.167. The number of ether oxygens (including phenoxy) is 2. The zero-order valence-corrected chi connectivity index (χ0v) is 14.1. The Hall–Kier alpha value is -3.42. The molecule has 0 amide bonds. The number of aromatic nitrogens is 2. The Morgan fingerprint density at radius 3 is 2.46 bits per heavy atom. The van der Waals surface area contributed by atoms with Gasteiger partial charge in [-0.2, -0.15) is 4.68 Å². The summed E-state index contributed by atoms with van der Waals surface area (Å²) in [6.07, 6.45) is 0. The van der Waals surface area contributed by atoms with E-state index in [4.69, 9.17) is 13.9 Å². The van der Waals surface area contributed by atoms with Gasteiger partial charge in [0.05, 0.1) is 14.2 Å². The van der Waals surface area contributed by atoms with Gasteiger partial charge in [0.1, 0.15) is 12.4 Å². The highest BCUT2D eigenvalue weighted by atomic mass is 19.1. The molecule has 0 N–H and O–H groups in total. The predicted octanol–water partition coefficient (Wildman–Crippen LogP) is 2.54. The Balaban J connectivity index is 1.84. The Kier molecular flexibility index (Phi) is 4.83. The van der Waals surface area contributed by atoms with Gasteiger partial charge >= 0.3 is 5.76 Å². The van der Waals surface area contributed by atoms with E-state index >= 15 is 0 Å². The maximum absolute atomic E-state index is 13.0. The Bertz CT molecular complexity index is 992. The summed E-state index contributed by atoms with van der Waals surface area (Å²) >= 11 is 0. The van der Waals surface area contributed by atoms with Crippen molar-refractivity contribution in [3.05, 3.63) is 64.4 Å². The average Bonchev–Trinajstić information content (AvgIpc) is 3.02. The van der Waals surface area contributed by atoms with Crippen molar-refractivity contribution in [3.8, 4) is 23.0 Å². The highest BCUT2D eigenvalue weighted by molar-refractivity contribution is 5.96. The van der Waals surface area contributed by atoms with Gasteiger partial charge in [-0.05, 0) is 42.5 Å². The largest absolute Gasteiger partial charge is 0.493 e. The van der Waals surface area contributed by atoms with Crippen LogP contribution in [0.1, 0.15) is 10.4 Å². The van der Waals surface area contributed by atoms with Gasteiger partial charge in [0.15, 0.2) is 17.3 Å². The number of nitrogens with zero attached hydrogens (tertiary/aromatic N) is 2. The van der Waals surface area contributed by atoms with Crippen LogP contribution in [0.15, 0.2) is 51.7 Å². The van der Waals surface area contributed by atoms with Gasteiger partial charge < -0.3 is 13.9 Å². The third kappa shape index (κ3) is 3.49. The first kappa shape index (κ1) is 17.4. The minimum atomic E-state index is -0.779. The molecular weight excluding hydrogens is 343 g/mol. The van der Waals surface area contributed by atoms with Crippen LogP contribution >= 0.6 is 0 Å². The molecule has 0 saturated heterocycles. The van der Waals surface area contributed by atoms with E-state index in [0.717, 1.165) is 4.68 Å². The van der Waals surface area contributed by atoms with Gasteiger partial charge in [0, 0.05) is 11.1 Å². The molecule has 0 fully saturated rings. The van der Waals surface area contributed by atoms with Crippen molar-refractivity contribution >= 4 is 5.78 Å². The lowest BCUT2D eigenvalue weighted by molar-refractivity contribution is 0.0964. The third-order valence-corrected chi connectivity index (χ3v) is 3.70. The number of hydrogen-bond donors (Lipinski definition) is 0. The minimum absolute atomic E-state index is 0.00936. The molecule has 1 heterocycles. The summed E-state index contributed by atoms with van der Waals surface area (Å²) in [5, 5.41) is 3.99. The van der Waals surface area contributed by atoms with E-state index < -0.39 is 11.6 Å². The standard InChI is InChI=1S/C18H15FN2O5/c1-24-15-8-5-12(9-16(15)25-2)14(22)10-21-18(23)26-17(20-21)11-3-6-13(19)7-4-11/h3-9H,10H2,1-2H3. The molecule has 0 aliphatic heterocycles. The Morgan fingerprint density at radius 1 is 1.12 bits per heavy atom. The van der Waals surface area contributed by atoms with E-state index in [1.807, 2.05) is 0 Å².